The van der Waals surface area contributed by atoms with E-state index in [4.69, 9.17) is 0 Å². The fraction of sp³-hybridized carbons (Fsp3) is 0.474. The van der Waals surface area contributed by atoms with Crippen molar-refractivity contribution in [3.63, 3.8) is 0 Å². The molecule has 6 nitrogen and oxygen atoms in total. The number of amides is 1. The topological polar surface area (TPSA) is 42.9 Å². The van der Waals surface area contributed by atoms with Crippen molar-refractivity contribution in [3.8, 4) is 0 Å². The lowest BCUT2D eigenvalue weighted by molar-refractivity contribution is -0.132. The molecule has 8 heteroatoms. The Balaban J connectivity index is 1.24. The van der Waals surface area contributed by atoms with Crippen LogP contribution in [0.4, 0.5) is 15.2 Å². The SMILES string of the molecule is O=C(CN1CCN(c2nccs2)CC1)N1CCN(c2ccccc2F)CC1. The van der Waals surface area contributed by atoms with Gasteiger partial charge in [-0.3, -0.25) is 9.69 Å². The molecule has 0 N–H and O–H groups in total. The van der Waals surface area contributed by atoms with Crippen molar-refractivity contribution >= 4 is 28.1 Å². The fourth-order valence-electron chi connectivity index (χ4n) is 3.67. The lowest BCUT2D eigenvalue weighted by Gasteiger charge is -2.38. The zero-order chi connectivity index (χ0) is 18.6. The number of para-hydroxylation sites is 1. The molecule has 1 aromatic carbocycles. The molecule has 144 valence electrons. The van der Waals surface area contributed by atoms with Crippen LogP contribution in [-0.2, 0) is 4.79 Å². The maximum absolute atomic E-state index is 13.9. The molecule has 4 rings (SSSR count). The molecule has 2 saturated heterocycles. The van der Waals surface area contributed by atoms with E-state index < -0.39 is 0 Å². The summed E-state index contributed by atoms with van der Waals surface area (Å²) in [7, 11) is 0. The highest BCUT2D eigenvalue weighted by Crippen LogP contribution is 2.21. The molecule has 1 amide bonds. The minimum Gasteiger partial charge on any atom is -0.366 e. The minimum atomic E-state index is -0.199. The van der Waals surface area contributed by atoms with Crippen LogP contribution in [0, 0.1) is 5.82 Å². The number of carbonyl (C=O) groups is 1. The average molecular weight is 390 g/mol. The number of nitrogens with zero attached hydrogens (tertiary/aromatic N) is 5. The van der Waals surface area contributed by atoms with E-state index in [1.165, 1.54) is 6.07 Å². The van der Waals surface area contributed by atoms with Gasteiger partial charge in [0, 0.05) is 63.9 Å². The lowest BCUT2D eigenvalue weighted by Crippen LogP contribution is -2.54. The van der Waals surface area contributed by atoms with Gasteiger partial charge in [0.15, 0.2) is 5.13 Å². The van der Waals surface area contributed by atoms with Gasteiger partial charge in [-0.15, -0.1) is 11.3 Å². The normalized spacial score (nSPS) is 18.8. The standard InChI is InChI=1S/C19H24FN5OS/c20-16-3-1-2-4-17(16)23-10-12-24(13-11-23)18(26)15-22-6-8-25(9-7-22)19-21-5-14-27-19/h1-5,14H,6-13,15H2. The molecule has 0 saturated carbocycles. The van der Waals surface area contributed by atoms with Gasteiger partial charge in [0.1, 0.15) is 5.82 Å². The quantitative estimate of drug-likeness (QED) is 0.797. The monoisotopic (exact) mass is 389 g/mol. The van der Waals surface area contributed by atoms with E-state index in [2.05, 4.69) is 14.8 Å². The van der Waals surface area contributed by atoms with Crippen LogP contribution in [0.1, 0.15) is 0 Å². The second-order valence-electron chi connectivity index (χ2n) is 6.90. The maximum Gasteiger partial charge on any atom is 0.236 e. The van der Waals surface area contributed by atoms with Gasteiger partial charge in [-0.1, -0.05) is 12.1 Å². The molecular weight excluding hydrogens is 365 g/mol. The molecule has 2 fully saturated rings. The highest BCUT2D eigenvalue weighted by molar-refractivity contribution is 7.13. The van der Waals surface area contributed by atoms with Gasteiger partial charge in [0.25, 0.3) is 0 Å². The number of halogens is 1. The van der Waals surface area contributed by atoms with Gasteiger partial charge in [0.2, 0.25) is 5.91 Å². The van der Waals surface area contributed by atoms with Gasteiger partial charge in [-0.05, 0) is 12.1 Å². The van der Waals surface area contributed by atoms with E-state index in [0.717, 1.165) is 31.3 Å². The van der Waals surface area contributed by atoms with E-state index in [9.17, 15) is 9.18 Å². The Morgan fingerprint density at radius 1 is 1.00 bits per heavy atom. The van der Waals surface area contributed by atoms with Gasteiger partial charge >= 0.3 is 0 Å². The Kier molecular flexibility index (Phi) is 5.54. The van der Waals surface area contributed by atoms with E-state index in [1.807, 2.05) is 27.4 Å². The summed E-state index contributed by atoms with van der Waals surface area (Å²) in [6.45, 7) is 6.66. The minimum absolute atomic E-state index is 0.172. The average Bonchev–Trinajstić information content (AvgIpc) is 3.24. The molecular formula is C19H24FN5OS. The Labute approximate surface area is 162 Å². The molecule has 2 aliphatic rings. The van der Waals surface area contributed by atoms with Crippen LogP contribution in [0.5, 0.6) is 0 Å². The smallest absolute Gasteiger partial charge is 0.236 e. The summed E-state index contributed by atoms with van der Waals surface area (Å²) in [5, 5.41) is 3.05. The summed E-state index contributed by atoms with van der Waals surface area (Å²) in [5.41, 5.74) is 0.628. The second kappa shape index (κ2) is 8.22. The highest BCUT2D eigenvalue weighted by Gasteiger charge is 2.26. The van der Waals surface area contributed by atoms with E-state index in [-0.39, 0.29) is 11.7 Å². The predicted molar refractivity (Wildman–Crippen MR) is 106 cm³/mol. The second-order valence-corrected chi connectivity index (χ2v) is 7.77. The van der Waals surface area contributed by atoms with Crippen molar-refractivity contribution in [2.45, 2.75) is 0 Å². The molecule has 0 unspecified atom stereocenters. The number of piperazine rings is 2. The van der Waals surface area contributed by atoms with Gasteiger partial charge < -0.3 is 14.7 Å². The van der Waals surface area contributed by atoms with E-state index >= 15 is 0 Å². The third-order valence-corrected chi connectivity index (χ3v) is 6.08. The van der Waals surface area contributed by atoms with Crippen LogP contribution >= 0.6 is 11.3 Å². The molecule has 0 spiro atoms. The molecule has 2 aromatic rings. The number of anilines is 2. The van der Waals surface area contributed by atoms with Crippen molar-refractivity contribution in [1.29, 1.82) is 0 Å². The van der Waals surface area contributed by atoms with E-state index in [0.29, 0.717) is 38.4 Å². The molecule has 0 atom stereocenters. The maximum atomic E-state index is 13.9. The predicted octanol–water partition coefficient (Wildman–Crippen LogP) is 1.75. The third kappa shape index (κ3) is 4.22. The van der Waals surface area contributed by atoms with Crippen molar-refractivity contribution in [3.05, 3.63) is 41.7 Å². The van der Waals surface area contributed by atoms with E-state index in [1.54, 1.807) is 23.5 Å². The van der Waals surface area contributed by atoms with Crippen molar-refractivity contribution in [2.24, 2.45) is 0 Å². The summed E-state index contributed by atoms with van der Waals surface area (Å²) < 4.78 is 13.9. The number of thiazole rings is 1. The third-order valence-electron chi connectivity index (χ3n) is 5.25. The number of aromatic nitrogens is 1. The molecule has 2 aliphatic heterocycles. The summed E-state index contributed by atoms with van der Waals surface area (Å²) in [6.07, 6.45) is 1.83. The Morgan fingerprint density at radius 3 is 2.37 bits per heavy atom. The molecule has 0 radical (unpaired) electrons. The first-order valence-corrected chi connectivity index (χ1v) is 10.2. The largest absolute Gasteiger partial charge is 0.366 e. The number of benzene rings is 1. The first kappa shape index (κ1) is 18.2. The van der Waals surface area contributed by atoms with Gasteiger partial charge in [0.05, 0.1) is 12.2 Å². The van der Waals surface area contributed by atoms with Crippen LogP contribution in [0.3, 0.4) is 0 Å². The molecule has 1 aromatic heterocycles. The number of carbonyl (C=O) groups excluding carboxylic acids is 1. The Morgan fingerprint density at radius 2 is 1.70 bits per heavy atom. The highest BCUT2D eigenvalue weighted by atomic mass is 32.1. The molecule has 0 aliphatic carbocycles. The summed E-state index contributed by atoms with van der Waals surface area (Å²) in [6, 6.07) is 6.83. The summed E-state index contributed by atoms with van der Waals surface area (Å²) in [5.74, 6) is -0.0266. The van der Waals surface area contributed by atoms with Crippen LogP contribution < -0.4 is 9.80 Å². The van der Waals surface area contributed by atoms with Gasteiger partial charge in [-0.2, -0.15) is 0 Å². The van der Waals surface area contributed by atoms with Crippen LogP contribution in [0.15, 0.2) is 35.8 Å². The van der Waals surface area contributed by atoms with Crippen molar-refractivity contribution in [1.82, 2.24) is 14.8 Å². The van der Waals surface area contributed by atoms with Gasteiger partial charge in [-0.25, -0.2) is 9.37 Å². The molecule has 0 bridgehead atoms. The van der Waals surface area contributed by atoms with Crippen molar-refractivity contribution < 1.29 is 9.18 Å². The zero-order valence-electron chi connectivity index (χ0n) is 15.3. The number of hydrogen-bond donors (Lipinski definition) is 0. The van der Waals surface area contributed by atoms with Crippen LogP contribution in [0.2, 0.25) is 0 Å². The fourth-order valence-corrected chi connectivity index (χ4v) is 4.36. The molecule has 27 heavy (non-hydrogen) atoms. The van der Waals surface area contributed by atoms with Crippen molar-refractivity contribution in [2.75, 3.05) is 68.7 Å². The van der Waals surface area contributed by atoms with Crippen LogP contribution in [0.25, 0.3) is 0 Å². The Hall–Kier alpha value is -2.19. The summed E-state index contributed by atoms with van der Waals surface area (Å²) >= 11 is 1.66. The molecule has 3 heterocycles. The first-order chi connectivity index (χ1) is 13.2. The zero-order valence-corrected chi connectivity index (χ0v) is 16.1. The Bertz CT molecular complexity index is 755. The summed E-state index contributed by atoms with van der Waals surface area (Å²) in [4.78, 5) is 25.4. The number of hydrogen-bond acceptors (Lipinski definition) is 6. The lowest BCUT2D eigenvalue weighted by atomic mass is 10.2. The first-order valence-electron chi connectivity index (χ1n) is 9.35. The van der Waals surface area contributed by atoms with Crippen LogP contribution in [-0.4, -0.2) is 79.6 Å². The number of rotatable bonds is 4.